The van der Waals surface area contributed by atoms with Crippen LogP contribution < -0.4 is 0 Å². The Morgan fingerprint density at radius 1 is 1.27 bits per heavy atom. The van der Waals surface area contributed by atoms with E-state index in [4.69, 9.17) is 0 Å². The molecule has 1 fully saturated rings. The molecule has 1 aromatic heterocycles. The zero-order valence-electron chi connectivity index (χ0n) is 12.6. The predicted octanol–water partition coefficient (Wildman–Crippen LogP) is 2.64. The largest absolute Gasteiger partial charge is 0.288 e. The second-order valence-electron chi connectivity index (χ2n) is 5.83. The van der Waals surface area contributed by atoms with Crippen molar-refractivity contribution in [1.29, 1.82) is 0 Å². The number of hydrogen-bond donors (Lipinski definition) is 0. The van der Waals surface area contributed by atoms with E-state index in [1.165, 1.54) is 5.56 Å². The standard InChI is InChI=1S/C16H20N2O2S2/c1-13-11-21-16(17-13)10-18(9-14-5-3-2-4-6-14)15-7-8-22(19,20)12-15/h2-6,11,15H,7-10,12H2,1H3/t15-/m0/s1. The van der Waals surface area contributed by atoms with Crippen LogP contribution in [-0.2, 0) is 22.9 Å². The van der Waals surface area contributed by atoms with Gasteiger partial charge in [-0.3, -0.25) is 4.90 Å². The van der Waals surface area contributed by atoms with Crippen LogP contribution in [0.4, 0.5) is 0 Å². The molecule has 118 valence electrons. The third-order valence-electron chi connectivity index (χ3n) is 3.96. The molecule has 0 amide bonds. The van der Waals surface area contributed by atoms with Gasteiger partial charge in [0.05, 0.1) is 18.1 Å². The Kier molecular flexibility index (Phi) is 4.61. The summed E-state index contributed by atoms with van der Waals surface area (Å²) in [6, 6.07) is 10.3. The number of benzene rings is 1. The topological polar surface area (TPSA) is 50.3 Å². The Bertz CT molecular complexity index is 726. The fourth-order valence-electron chi connectivity index (χ4n) is 2.84. The molecule has 1 aliphatic heterocycles. The zero-order chi connectivity index (χ0) is 15.6. The molecule has 2 aromatic rings. The number of aromatic nitrogens is 1. The molecule has 1 aliphatic rings. The Hall–Kier alpha value is -1.24. The van der Waals surface area contributed by atoms with Crippen molar-refractivity contribution in [2.75, 3.05) is 11.5 Å². The van der Waals surface area contributed by atoms with Crippen molar-refractivity contribution in [3.05, 3.63) is 52.0 Å². The monoisotopic (exact) mass is 336 g/mol. The van der Waals surface area contributed by atoms with Crippen molar-refractivity contribution in [2.45, 2.75) is 32.5 Å². The van der Waals surface area contributed by atoms with Gasteiger partial charge in [-0.15, -0.1) is 11.3 Å². The Labute approximate surface area is 135 Å². The van der Waals surface area contributed by atoms with Gasteiger partial charge in [0.25, 0.3) is 0 Å². The minimum absolute atomic E-state index is 0.0920. The third-order valence-corrected chi connectivity index (χ3v) is 6.66. The van der Waals surface area contributed by atoms with Gasteiger partial charge in [0, 0.05) is 23.7 Å². The van der Waals surface area contributed by atoms with Gasteiger partial charge in [-0.05, 0) is 18.9 Å². The van der Waals surface area contributed by atoms with E-state index in [0.29, 0.717) is 12.3 Å². The van der Waals surface area contributed by atoms with E-state index >= 15 is 0 Å². The second kappa shape index (κ2) is 6.48. The van der Waals surface area contributed by atoms with Crippen LogP contribution >= 0.6 is 11.3 Å². The van der Waals surface area contributed by atoms with Crippen LogP contribution in [0.1, 0.15) is 22.7 Å². The number of nitrogens with zero attached hydrogens (tertiary/aromatic N) is 2. The quantitative estimate of drug-likeness (QED) is 0.842. The maximum absolute atomic E-state index is 11.8. The van der Waals surface area contributed by atoms with Crippen LogP contribution in [0.25, 0.3) is 0 Å². The smallest absolute Gasteiger partial charge is 0.151 e. The summed E-state index contributed by atoms with van der Waals surface area (Å²) in [5.41, 5.74) is 2.23. The van der Waals surface area contributed by atoms with Gasteiger partial charge in [0.1, 0.15) is 5.01 Å². The first-order valence-corrected chi connectivity index (χ1v) is 10.1. The lowest BCUT2D eigenvalue weighted by Crippen LogP contribution is -2.35. The number of rotatable bonds is 5. The SMILES string of the molecule is Cc1csc(CN(Cc2ccccc2)[C@H]2CCS(=O)(=O)C2)n1. The van der Waals surface area contributed by atoms with E-state index in [-0.39, 0.29) is 11.8 Å². The third kappa shape index (κ3) is 3.94. The number of sulfone groups is 1. The van der Waals surface area contributed by atoms with Crippen LogP contribution in [0.2, 0.25) is 0 Å². The lowest BCUT2D eigenvalue weighted by atomic mass is 10.1. The molecule has 22 heavy (non-hydrogen) atoms. The van der Waals surface area contributed by atoms with Gasteiger partial charge in [-0.2, -0.15) is 0 Å². The molecule has 4 nitrogen and oxygen atoms in total. The van der Waals surface area contributed by atoms with E-state index in [1.54, 1.807) is 11.3 Å². The average Bonchev–Trinajstić information content (AvgIpc) is 3.05. The van der Waals surface area contributed by atoms with Crippen molar-refractivity contribution in [3.8, 4) is 0 Å². The predicted molar refractivity (Wildman–Crippen MR) is 89.6 cm³/mol. The molecular formula is C16H20N2O2S2. The van der Waals surface area contributed by atoms with E-state index in [0.717, 1.165) is 23.7 Å². The van der Waals surface area contributed by atoms with Gasteiger partial charge in [-0.25, -0.2) is 13.4 Å². The molecular weight excluding hydrogens is 316 g/mol. The van der Waals surface area contributed by atoms with Crippen LogP contribution in [0.15, 0.2) is 35.7 Å². The summed E-state index contributed by atoms with van der Waals surface area (Å²) < 4.78 is 23.6. The first-order chi connectivity index (χ1) is 10.5. The summed E-state index contributed by atoms with van der Waals surface area (Å²) in [5.74, 6) is 0.573. The van der Waals surface area contributed by atoms with Gasteiger partial charge >= 0.3 is 0 Å². The van der Waals surface area contributed by atoms with E-state index in [2.05, 4.69) is 22.0 Å². The molecule has 3 rings (SSSR count). The molecule has 0 spiro atoms. The highest BCUT2D eigenvalue weighted by atomic mass is 32.2. The van der Waals surface area contributed by atoms with Crippen molar-refractivity contribution < 1.29 is 8.42 Å². The zero-order valence-corrected chi connectivity index (χ0v) is 14.2. The summed E-state index contributed by atoms with van der Waals surface area (Å²) in [4.78, 5) is 6.79. The summed E-state index contributed by atoms with van der Waals surface area (Å²) in [7, 11) is -2.88. The maximum atomic E-state index is 11.8. The van der Waals surface area contributed by atoms with E-state index < -0.39 is 9.84 Å². The lowest BCUT2D eigenvalue weighted by molar-refractivity contribution is 0.194. The lowest BCUT2D eigenvalue weighted by Gasteiger charge is -2.27. The molecule has 0 radical (unpaired) electrons. The van der Waals surface area contributed by atoms with Crippen LogP contribution in [0, 0.1) is 6.92 Å². The second-order valence-corrected chi connectivity index (χ2v) is 9.00. The highest BCUT2D eigenvalue weighted by Crippen LogP contribution is 2.23. The first kappa shape index (κ1) is 15.6. The van der Waals surface area contributed by atoms with Gasteiger partial charge in [0.2, 0.25) is 0 Å². The molecule has 0 N–H and O–H groups in total. The summed E-state index contributed by atoms with van der Waals surface area (Å²) in [6.07, 6.45) is 0.722. The average molecular weight is 336 g/mol. The van der Waals surface area contributed by atoms with Gasteiger partial charge in [0.15, 0.2) is 9.84 Å². The van der Waals surface area contributed by atoms with Gasteiger partial charge < -0.3 is 0 Å². The van der Waals surface area contributed by atoms with E-state index in [1.807, 2.05) is 30.5 Å². The summed E-state index contributed by atoms with van der Waals surface area (Å²) in [5, 5.41) is 3.10. The molecule has 1 aromatic carbocycles. The highest BCUT2D eigenvalue weighted by Gasteiger charge is 2.32. The van der Waals surface area contributed by atoms with Crippen molar-refractivity contribution in [2.24, 2.45) is 0 Å². The molecule has 2 heterocycles. The van der Waals surface area contributed by atoms with Crippen molar-refractivity contribution in [1.82, 2.24) is 9.88 Å². The normalized spacial score (nSPS) is 20.5. The van der Waals surface area contributed by atoms with E-state index in [9.17, 15) is 8.42 Å². The molecule has 0 unspecified atom stereocenters. The minimum Gasteiger partial charge on any atom is -0.288 e. The first-order valence-electron chi connectivity index (χ1n) is 7.41. The Morgan fingerprint density at radius 2 is 2.05 bits per heavy atom. The molecule has 0 saturated carbocycles. The highest BCUT2D eigenvalue weighted by molar-refractivity contribution is 7.91. The molecule has 6 heteroatoms. The molecule has 1 saturated heterocycles. The number of aryl methyl sites for hydroxylation is 1. The number of hydrogen-bond acceptors (Lipinski definition) is 5. The van der Waals surface area contributed by atoms with Crippen molar-refractivity contribution in [3.63, 3.8) is 0 Å². The number of thiazole rings is 1. The molecule has 1 atom stereocenters. The summed E-state index contributed by atoms with van der Waals surface area (Å²) >= 11 is 1.64. The Morgan fingerprint density at radius 3 is 2.64 bits per heavy atom. The summed E-state index contributed by atoms with van der Waals surface area (Å²) in [6.45, 7) is 3.47. The molecule has 0 bridgehead atoms. The van der Waals surface area contributed by atoms with Crippen molar-refractivity contribution >= 4 is 21.2 Å². The molecule has 0 aliphatic carbocycles. The van der Waals surface area contributed by atoms with Crippen LogP contribution in [0.5, 0.6) is 0 Å². The fourth-order valence-corrected chi connectivity index (χ4v) is 5.40. The fraction of sp³-hybridized carbons (Fsp3) is 0.438. The maximum Gasteiger partial charge on any atom is 0.151 e. The van der Waals surface area contributed by atoms with Gasteiger partial charge in [-0.1, -0.05) is 30.3 Å². The minimum atomic E-state index is -2.88. The van der Waals surface area contributed by atoms with Crippen LogP contribution in [0.3, 0.4) is 0 Å². The van der Waals surface area contributed by atoms with Crippen LogP contribution in [-0.4, -0.2) is 35.8 Å². The Balaban J connectivity index is 1.78.